The fraction of sp³-hybridized carbons (Fsp3) is 0.250. The Balaban J connectivity index is 2.36. The molecule has 5 nitrogen and oxygen atoms in total. The summed E-state index contributed by atoms with van der Waals surface area (Å²) in [5.41, 5.74) is 1.05. The number of hydrogen-bond acceptors (Lipinski definition) is 3. The van der Waals surface area contributed by atoms with Gasteiger partial charge in [-0.25, -0.2) is 0 Å². The predicted octanol–water partition coefficient (Wildman–Crippen LogP) is 0.424. The molecule has 5 heteroatoms. The minimum absolute atomic E-state index is 0.180. The molecule has 0 aliphatic carbocycles. The third kappa shape index (κ3) is 4.34. The second kappa shape index (κ2) is 7.01. The van der Waals surface area contributed by atoms with Gasteiger partial charge in [0.2, 0.25) is 6.41 Å². The highest BCUT2D eigenvalue weighted by Crippen LogP contribution is 2.02. The van der Waals surface area contributed by atoms with E-state index < -0.39 is 0 Å². The molecule has 1 rings (SSSR count). The minimum Gasteiger partial charge on any atom is -0.359 e. The van der Waals surface area contributed by atoms with Gasteiger partial charge in [-0.15, -0.1) is 0 Å². The summed E-state index contributed by atoms with van der Waals surface area (Å²) in [7, 11) is 0. The van der Waals surface area contributed by atoms with E-state index in [4.69, 9.17) is 5.26 Å². The van der Waals surface area contributed by atoms with Crippen molar-refractivity contribution in [1.29, 1.82) is 5.26 Å². The molecule has 0 heterocycles. The van der Waals surface area contributed by atoms with Crippen molar-refractivity contribution in [2.45, 2.75) is 6.42 Å². The fourth-order valence-corrected chi connectivity index (χ4v) is 1.25. The van der Waals surface area contributed by atoms with Crippen molar-refractivity contribution >= 4 is 12.3 Å². The number of carbonyl (C=O) groups excluding carboxylic acids is 2. The van der Waals surface area contributed by atoms with Crippen LogP contribution in [-0.2, 0) is 4.79 Å². The molecule has 0 spiro atoms. The number of amides is 2. The number of nitrogens with one attached hydrogen (secondary N) is 2. The Morgan fingerprint density at radius 2 is 2.00 bits per heavy atom. The molecule has 0 unspecified atom stereocenters. The van der Waals surface area contributed by atoms with Gasteiger partial charge in [0.05, 0.1) is 11.6 Å². The summed E-state index contributed by atoms with van der Waals surface area (Å²) in [5, 5.41) is 13.8. The van der Waals surface area contributed by atoms with Gasteiger partial charge in [0.15, 0.2) is 0 Å². The van der Waals surface area contributed by atoms with Crippen LogP contribution in [0.4, 0.5) is 0 Å². The molecule has 0 bridgehead atoms. The first-order chi connectivity index (χ1) is 8.27. The van der Waals surface area contributed by atoms with E-state index in [1.807, 2.05) is 6.07 Å². The molecule has 0 saturated carbocycles. The molecule has 0 atom stereocenters. The second-order valence-electron chi connectivity index (χ2n) is 3.37. The van der Waals surface area contributed by atoms with E-state index >= 15 is 0 Å². The quantitative estimate of drug-likeness (QED) is 0.550. The topological polar surface area (TPSA) is 82.0 Å². The normalized spacial score (nSPS) is 9.12. The first-order valence-corrected chi connectivity index (χ1v) is 5.23. The summed E-state index contributed by atoms with van der Waals surface area (Å²) in [6.07, 6.45) is 1.31. The minimum atomic E-state index is -0.180. The average molecular weight is 231 g/mol. The highest BCUT2D eigenvalue weighted by molar-refractivity contribution is 5.94. The monoisotopic (exact) mass is 231 g/mol. The largest absolute Gasteiger partial charge is 0.359 e. The maximum Gasteiger partial charge on any atom is 0.251 e. The van der Waals surface area contributed by atoms with E-state index in [9.17, 15) is 9.59 Å². The number of nitrogens with zero attached hydrogens (tertiary/aromatic N) is 1. The van der Waals surface area contributed by atoms with Gasteiger partial charge in [0.25, 0.3) is 5.91 Å². The lowest BCUT2D eigenvalue weighted by atomic mass is 10.1. The summed E-state index contributed by atoms with van der Waals surface area (Å²) in [4.78, 5) is 21.6. The van der Waals surface area contributed by atoms with Crippen LogP contribution in [0, 0.1) is 11.3 Å². The summed E-state index contributed by atoms with van der Waals surface area (Å²) in [6, 6.07) is 8.40. The number of carbonyl (C=O) groups is 2. The van der Waals surface area contributed by atoms with Gasteiger partial charge >= 0.3 is 0 Å². The molecule has 0 aromatic heterocycles. The van der Waals surface area contributed by atoms with Gasteiger partial charge < -0.3 is 10.6 Å². The molecule has 1 aromatic rings. The molecule has 0 aliphatic heterocycles. The maximum atomic E-state index is 11.6. The van der Waals surface area contributed by atoms with Crippen LogP contribution >= 0.6 is 0 Å². The van der Waals surface area contributed by atoms with Crippen molar-refractivity contribution in [2.24, 2.45) is 0 Å². The Morgan fingerprint density at radius 3 is 2.59 bits per heavy atom. The van der Waals surface area contributed by atoms with Crippen molar-refractivity contribution in [1.82, 2.24) is 10.6 Å². The van der Waals surface area contributed by atoms with Crippen LogP contribution in [0.15, 0.2) is 24.3 Å². The lowest BCUT2D eigenvalue weighted by molar-refractivity contribution is -0.109. The Labute approximate surface area is 99.4 Å². The Morgan fingerprint density at radius 1 is 1.29 bits per heavy atom. The predicted molar refractivity (Wildman–Crippen MR) is 62.2 cm³/mol. The van der Waals surface area contributed by atoms with Crippen molar-refractivity contribution < 1.29 is 9.59 Å². The summed E-state index contributed by atoms with van der Waals surface area (Å²) in [6.45, 7) is 1.04. The van der Waals surface area contributed by atoms with Crippen LogP contribution in [0.3, 0.4) is 0 Å². The molecule has 2 N–H and O–H groups in total. The van der Waals surface area contributed by atoms with Crippen LogP contribution < -0.4 is 10.6 Å². The van der Waals surface area contributed by atoms with E-state index in [-0.39, 0.29) is 5.91 Å². The van der Waals surface area contributed by atoms with E-state index in [0.29, 0.717) is 37.0 Å². The number of nitriles is 1. The zero-order valence-electron chi connectivity index (χ0n) is 9.27. The molecular weight excluding hydrogens is 218 g/mol. The van der Waals surface area contributed by atoms with Crippen LogP contribution in [0.5, 0.6) is 0 Å². The summed E-state index contributed by atoms with van der Waals surface area (Å²) < 4.78 is 0. The van der Waals surface area contributed by atoms with Crippen LogP contribution in [0.1, 0.15) is 22.3 Å². The number of hydrogen-bond donors (Lipinski definition) is 2. The molecule has 0 fully saturated rings. The smallest absolute Gasteiger partial charge is 0.251 e. The van der Waals surface area contributed by atoms with Gasteiger partial charge in [0, 0.05) is 18.7 Å². The third-order valence-corrected chi connectivity index (χ3v) is 2.14. The van der Waals surface area contributed by atoms with Crippen molar-refractivity contribution in [3.8, 4) is 6.07 Å². The Bertz CT molecular complexity index is 420. The first kappa shape index (κ1) is 12.7. The maximum absolute atomic E-state index is 11.6. The number of benzene rings is 1. The zero-order chi connectivity index (χ0) is 12.5. The standard InChI is InChI=1S/C12H13N3O2/c13-8-10-2-4-11(5-3-10)12(17)15-7-1-6-14-9-16/h2-5,9H,1,6-7H2,(H,14,16)(H,15,17). The van der Waals surface area contributed by atoms with Gasteiger partial charge in [-0.05, 0) is 30.7 Å². The van der Waals surface area contributed by atoms with Crippen molar-refractivity contribution in [3.63, 3.8) is 0 Å². The summed E-state index contributed by atoms with van der Waals surface area (Å²) in [5.74, 6) is -0.180. The Hall–Kier alpha value is -2.35. The molecule has 17 heavy (non-hydrogen) atoms. The SMILES string of the molecule is N#Cc1ccc(C(=O)NCCCNC=O)cc1. The molecule has 0 aliphatic rings. The lowest BCUT2D eigenvalue weighted by Gasteiger charge is -2.04. The van der Waals surface area contributed by atoms with Crippen LogP contribution in [0.2, 0.25) is 0 Å². The molecular formula is C12H13N3O2. The second-order valence-corrected chi connectivity index (χ2v) is 3.37. The van der Waals surface area contributed by atoms with Crippen LogP contribution in [0.25, 0.3) is 0 Å². The van der Waals surface area contributed by atoms with Gasteiger partial charge in [0.1, 0.15) is 0 Å². The zero-order valence-corrected chi connectivity index (χ0v) is 9.27. The van der Waals surface area contributed by atoms with Crippen molar-refractivity contribution in [3.05, 3.63) is 35.4 Å². The third-order valence-electron chi connectivity index (χ3n) is 2.14. The van der Waals surface area contributed by atoms with E-state index in [1.54, 1.807) is 24.3 Å². The average Bonchev–Trinajstić information content (AvgIpc) is 2.38. The highest BCUT2D eigenvalue weighted by Gasteiger charge is 2.03. The highest BCUT2D eigenvalue weighted by atomic mass is 16.1. The van der Waals surface area contributed by atoms with Crippen LogP contribution in [-0.4, -0.2) is 25.4 Å². The van der Waals surface area contributed by atoms with E-state index in [0.717, 1.165) is 0 Å². The molecule has 2 amide bonds. The van der Waals surface area contributed by atoms with Gasteiger partial charge in [-0.2, -0.15) is 5.26 Å². The van der Waals surface area contributed by atoms with E-state index in [1.165, 1.54) is 0 Å². The molecule has 0 radical (unpaired) electrons. The first-order valence-electron chi connectivity index (χ1n) is 5.23. The number of rotatable bonds is 6. The molecule has 1 aromatic carbocycles. The van der Waals surface area contributed by atoms with Crippen molar-refractivity contribution in [2.75, 3.05) is 13.1 Å². The lowest BCUT2D eigenvalue weighted by Crippen LogP contribution is -2.27. The molecule has 0 saturated heterocycles. The van der Waals surface area contributed by atoms with Gasteiger partial charge in [-0.1, -0.05) is 0 Å². The summed E-state index contributed by atoms with van der Waals surface area (Å²) >= 11 is 0. The van der Waals surface area contributed by atoms with Gasteiger partial charge in [-0.3, -0.25) is 9.59 Å². The van der Waals surface area contributed by atoms with E-state index in [2.05, 4.69) is 10.6 Å². The molecule has 88 valence electrons. The Kier molecular flexibility index (Phi) is 5.25. The fourth-order valence-electron chi connectivity index (χ4n) is 1.25.